The van der Waals surface area contributed by atoms with E-state index in [1.54, 1.807) is 18.2 Å². The van der Waals surface area contributed by atoms with Crippen LogP contribution in [0.4, 0.5) is 0 Å². The number of hydrogen-bond acceptors (Lipinski definition) is 3. The average Bonchev–Trinajstić information content (AvgIpc) is 2.73. The Bertz CT molecular complexity index is 1090. The third-order valence-corrected chi connectivity index (χ3v) is 6.27. The van der Waals surface area contributed by atoms with Gasteiger partial charge in [-0.05, 0) is 42.2 Å². The van der Waals surface area contributed by atoms with Crippen molar-refractivity contribution in [1.29, 1.82) is 0 Å². The number of hydrogen-bond donors (Lipinski definition) is 1. The highest BCUT2D eigenvalue weighted by Crippen LogP contribution is 2.43. The van der Waals surface area contributed by atoms with E-state index in [1.165, 1.54) is 0 Å². The highest BCUT2D eigenvalue weighted by atomic mass is 16.5. The lowest BCUT2D eigenvalue weighted by Gasteiger charge is -2.34. The van der Waals surface area contributed by atoms with Crippen molar-refractivity contribution in [1.82, 2.24) is 0 Å². The maximum absolute atomic E-state index is 12.9. The van der Waals surface area contributed by atoms with Gasteiger partial charge in [-0.3, -0.25) is 4.79 Å². The van der Waals surface area contributed by atoms with Crippen LogP contribution in [0.1, 0.15) is 38.7 Å². The van der Waals surface area contributed by atoms with E-state index in [0.29, 0.717) is 11.7 Å². The van der Waals surface area contributed by atoms with Crippen LogP contribution in [0, 0.1) is 11.8 Å². The lowest BCUT2D eigenvalue weighted by atomic mass is 9.68. The van der Waals surface area contributed by atoms with Crippen molar-refractivity contribution in [3.63, 3.8) is 0 Å². The minimum absolute atomic E-state index is 0.317. The SMILES string of the molecule is CC1C=C(C(=O)Oc2cccc3cccc(C4(C)C=CC=CC4C(=O)O)c23)CCC1. The van der Waals surface area contributed by atoms with Crippen LogP contribution >= 0.6 is 0 Å². The van der Waals surface area contributed by atoms with Crippen LogP contribution in [0.3, 0.4) is 0 Å². The fourth-order valence-corrected chi connectivity index (χ4v) is 4.63. The van der Waals surface area contributed by atoms with Crippen LogP contribution in [-0.2, 0) is 15.0 Å². The van der Waals surface area contributed by atoms with Gasteiger partial charge >= 0.3 is 11.9 Å². The number of ether oxygens (including phenoxy) is 1. The number of fused-ring (bicyclic) bond motifs is 1. The molecule has 1 N–H and O–H groups in total. The molecule has 0 saturated carbocycles. The number of carbonyl (C=O) groups excluding carboxylic acids is 1. The quantitative estimate of drug-likeness (QED) is 0.536. The second-order valence-corrected chi connectivity index (χ2v) is 8.45. The van der Waals surface area contributed by atoms with Crippen LogP contribution in [0.5, 0.6) is 5.75 Å². The zero-order valence-electron chi connectivity index (χ0n) is 17.3. The highest BCUT2D eigenvalue weighted by Gasteiger charge is 2.39. The van der Waals surface area contributed by atoms with Crippen LogP contribution in [-0.4, -0.2) is 17.0 Å². The minimum Gasteiger partial charge on any atom is -0.481 e. The summed E-state index contributed by atoms with van der Waals surface area (Å²) < 4.78 is 5.89. The largest absolute Gasteiger partial charge is 0.481 e. The zero-order valence-corrected chi connectivity index (χ0v) is 17.3. The molecule has 0 radical (unpaired) electrons. The molecule has 0 amide bonds. The molecule has 154 valence electrons. The van der Waals surface area contributed by atoms with Crippen LogP contribution in [0.25, 0.3) is 10.8 Å². The van der Waals surface area contributed by atoms with E-state index in [4.69, 9.17) is 4.74 Å². The summed E-state index contributed by atoms with van der Waals surface area (Å²) in [5.74, 6) is -1.06. The Kier molecular flexibility index (Phi) is 5.33. The fraction of sp³-hybridized carbons (Fsp3) is 0.308. The number of aliphatic carboxylic acids is 1. The molecule has 0 aromatic heterocycles. The van der Waals surface area contributed by atoms with Crippen molar-refractivity contribution in [3.05, 3.63) is 77.9 Å². The predicted octanol–water partition coefficient (Wildman–Crippen LogP) is 5.58. The first-order chi connectivity index (χ1) is 14.4. The third kappa shape index (κ3) is 3.58. The fourth-order valence-electron chi connectivity index (χ4n) is 4.63. The van der Waals surface area contributed by atoms with Crippen molar-refractivity contribution in [2.45, 2.75) is 38.5 Å². The molecule has 0 saturated heterocycles. The molecule has 2 aliphatic rings. The molecule has 3 unspecified atom stereocenters. The number of carboxylic acid groups (broad SMARTS) is 1. The maximum atomic E-state index is 12.9. The van der Waals surface area contributed by atoms with Crippen molar-refractivity contribution in [2.24, 2.45) is 11.8 Å². The van der Waals surface area contributed by atoms with E-state index >= 15 is 0 Å². The van der Waals surface area contributed by atoms with Gasteiger partial charge in [0, 0.05) is 16.4 Å². The van der Waals surface area contributed by atoms with Crippen LogP contribution < -0.4 is 4.74 Å². The molecule has 0 spiro atoms. The van der Waals surface area contributed by atoms with Gasteiger partial charge in [0.05, 0.1) is 5.92 Å². The molecule has 0 aliphatic heterocycles. The summed E-state index contributed by atoms with van der Waals surface area (Å²) in [6.45, 7) is 4.03. The normalized spacial score (nSPS) is 25.7. The van der Waals surface area contributed by atoms with Crippen molar-refractivity contribution in [3.8, 4) is 5.75 Å². The van der Waals surface area contributed by atoms with Crippen molar-refractivity contribution < 1.29 is 19.4 Å². The van der Waals surface area contributed by atoms with Gasteiger partial charge in [0.25, 0.3) is 0 Å². The topological polar surface area (TPSA) is 63.6 Å². The molecular formula is C26H26O4. The molecule has 2 aromatic rings. The van der Waals surface area contributed by atoms with Gasteiger partial charge in [-0.15, -0.1) is 0 Å². The Hall–Kier alpha value is -3.14. The summed E-state index contributed by atoms with van der Waals surface area (Å²) in [6, 6.07) is 11.4. The van der Waals surface area contributed by atoms with E-state index < -0.39 is 17.3 Å². The number of carbonyl (C=O) groups is 2. The van der Waals surface area contributed by atoms with Gasteiger partial charge in [-0.25, -0.2) is 4.79 Å². The number of rotatable bonds is 4. The summed E-state index contributed by atoms with van der Waals surface area (Å²) in [7, 11) is 0. The van der Waals surface area contributed by atoms with Gasteiger partial charge < -0.3 is 9.84 Å². The molecule has 0 bridgehead atoms. The predicted molar refractivity (Wildman–Crippen MR) is 117 cm³/mol. The van der Waals surface area contributed by atoms with Gasteiger partial charge in [-0.2, -0.15) is 0 Å². The third-order valence-electron chi connectivity index (χ3n) is 6.27. The first kappa shape index (κ1) is 20.1. The van der Waals surface area contributed by atoms with Gasteiger partial charge in [0.2, 0.25) is 0 Å². The average molecular weight is 402 g/mol. The Labute approximate surface area is 176 Å². The maximum Gasteiger partial charge on any atom is 0.339 e. The Morgan fingerprint density at radius 1 is 1.13 bits per heavy atom. The summed E-state index contributed by atoms with van der Waals surface area (Å²) in [6.07, 6.45) is 12.1. The summed E-state index contributed by atoms with van der Waals surface area (Å²) in [5, 5.41) is 11.5. The van der Waals surface area contributed by atoms with Crippen LogP contribution in [0.2, 0.25) is 0 Å². The Morgan fingerprint density at radius 2 is 1.90 bits per heavy atom. The number of carboxylic acids is 1. The molecule has 2 aromatic carbocycles. The zero-order chi connectivity index (χ0) is 21.3. The lowest BCUT2D eigenvalue weighted by Crippen LogP contribution is -2.36. The van der Waals surface area contributed by atoms with E-state index in [9.17, 15) is 14.7 Å². The number of benzene rings is 2. The van der Waals surface area contributed by atoms with Crippen molar-refractivity contribution in [2.75, 3.05) is 0 Å². The smallest absolute Gasteiger partial charge is 0.339 e. The number of esters is 1. The number of allylic oxidation sites excluding steroid dienone is 4. The molecule has 4 rings (SSSR count). The molecule has 3 atom stereocenters. The molecule has 2 aliphatic carbocycles. The molecule has 4 heteroatoms. The molecule has 0 fully saturated rings. The summed E-state index contributed by atoms with van der Waals surface area (Å²) >= 11 is 0. The monoisotopic (exact) mass is 402 g/mol. The molecule has 30 heavy (non-hydrogen) atoms. The minimum atomic E-state index is -0.883. The Balaban J connectivity index is 1.82. The van der Waals surface area contributed by atoms with Crippen LogP contribution in [0.15, 0.2) is 72.4 Å². The lowest BCUT2D eigenvalue weighted by molar-refractivity contribution is -0.141. The Morgan fingerprint density at radius 3 is 2.63 bits per heavy atom. The first-order valence-electron chi connectivity index (χ1n) is 10.4. The second-order valence-electron chi connectivity index (χ2n) is 8.45. The van der Waals surface area contributed by atoms with Gasteiger partial charge in [0.1, 0.15) is 5.75 Å². The van der Waals surface area contributed by atoms with Crippen molar-refractivity contribution >= 4 is 22.7 Å². The van der Waals surface area contributed by atoms with Gasteiger partial charge in [0.15, 0.2) is 0 Å². The molecule has 4 nitrogen and oxygen atoms in total. The highest BCUT2D eigenvalue weighted by molar-refractivity contribution is 5.97. The second kappa shape index (κ2) is 7.94. The van der Waals surface area contributed by atoms with E-state index in [0.717, 1.165) is 41.2 Å². The summed E-state index contributed by atoms with van der Waals surface area (Å²) in [4.78, 5) is 24.9. The summed E-state index contributed by atoms with van der Waals surface area (Å²) in [5.41, 5.74) is 0.794. The van der Waals surface area contributed by atoms with Gasteiger partial charge in [-0.1, -0.05) is 74.6 Å². The van der Waals surface area contributed by atoms with E-state index in [1.807, 2.05) is 55.5 Å². The van der Waals surface area contributed by atoms with E-state index in [-0.39, 0.29) is 5.97 Å². The first-order valence-corrected chi connectivity index (χ1v) is 10.4. The molecule has 0 heterocycles. The standard InChI is InChI=1S/C26H26O4/c1-17-8-5-11-19(16-17)25(29)30-22-14-7-10-18-9-6-13-20(23(18)22)26(2)15-4-3-12-21(26)24(27)28/h3-4,6-7,9-10,12-17,21H,5,8,11H2,1-2H3,(H,27,28). The van der Waals surface area contributed by atoms with E-state index in [2.05, 4.69) is 6.92 Å². The molecular weight excluding hydrogens is 376 g/mol.